The molecule has 0 fully saturated rings. The van der Waals surface area contributed by atoms with E-state index in [1.54, 1.807) is 18.5 Å². The van der Waals surface area contributed by atoms with Crippen LogP contribution >= 0.6 is 0 Å². The number of nitrogens with one attached hydrogen (secondary N) is 2. The van der Waals surface area contributed by atoms with Crippen molar-refractivity contribution in [1.82, 2.24) is 14.5 Å². The molecule has 3 aromatic rings. The van der Waals surface area contributed by atoms with Crippen molar-refractivity contribution in [2.24, 2.45) is 0 Å². The largest absolute Gasteiger partial charge is 0.323 e. The predicted molar refractivity (Wildman–Crippen MR) is 89.9 cm³/mol. The monoisotopic (exact) mass is 307 g/mol. The van der Waals surface area contributed by atoms with E-state index in [0.717, 1.165) is 22.9 Å². The standard InChI is InChI=1S/C17H17N5O/c1-12-3-5-14(6-4-12)20-17(23)21-15-7-8-16(19-11-15)22-10-9-18-13(22)2/h3-11H,1-2H3,(H2,20,21,23). The van der Waals surface area contributed by atoms with Crippen molar-refractivity contribution >= 4 is 17.4 Å². The number of carbonyl (C=O) groups is 1. The topological polar surface area (TPSA) is 71.8 Å². The molecule has 0 aliphatic carbocycles. The molecule has 6 nitrogen and oxygen atoms in total. The summed E-state index contributed by atoms with van der Waals surface area (Å²) in [6.07, 6.45) is 5.18. The first kappa shape index (κ1) is 14.8. The van der Waals surface area contributed by atoms with Gasteiger partial charge in [-0.15, -0.1) is 0 Å². The fourth-order valence-electron chi connectivity index (χ4n) is 2.15. The van der Waals surface area contributed by atoms with Crippen LogP contribution in [0.4, 0.5) is 16.2 Å². The van der Waals surface area contributed by atoms with Crippen molar-refractivity contribution < 1.29 is 4.79 Å². The highest BCUT2D eigenvalue weighted by molar-refractivity contribution is 5.99. The summed E-state index contributed by atoms with van der Waals surface area (Å²) in [6.45, 7) is 3.90. The molecular weight excluding hydrogens is 290 g/mol. The molecule has 0 aliphatic heterocycles. The summed E-state index contributed by atoms with van der Waals surface area (Å²) in [5, 5.41) is 5.53. The van der Waals surface area contributed by atoms with Crippen LogP contribution in [-0.4, -0.2) is 20.6 Å². The highest BCUT2D eigenvalue weighted by Crippen LogP contribution is 2.13. The summed E-state index contributed by atoms with van der Waals surface area (Å²) in [4.78, 5) is 20.5. The average Bonchev–Trinajstić information content (AvgIpc) is 2.96. The zero-order chi connectivity index (χ0) is 16.2. The third kappa shape index (κ3) is 3.55. The minimum absolute atomic E-state index is 0.304. The van der Waals surface area contributed by atoms with Gasteiger partial charge in [-0.1, -0.05) is 17.7 Å². The number of aromatic nitrogens is 3. The number of carbonyl (C=O) groups excluding carboxylic acids is 1. The number of aryl methyl sites for hydroxylation is 2. The lowest BCUT2D eigenvalue weighted by atomic mass is 10.2. The van der Waals surface area contributed by atoms with Crippen molar-refractivity contribution in [1.29, 1.82) is 0 Å². The maximum absolute atomic E-state index is 12.0. The summed E-state index contributed by atoms with van der Waals surface area (Å²) >= 11 is 0. The molecule has 1 aromatic carbocycles. The van der Waals surface area contributed by atoms with Gasteiger partial charge in [-0.05, 0) is 38.1 Å². The fourth-order valence-corrected chi connectivity index (χ4v) is 2.15. The van der Waals surface area contributed by atoms with Crippen molar-refractivity contribution in [3.05, 3.63) is 66.4 Å². The number of imidazole rings is 1. The van der Waals surface area contributed by atoms with Crippen LogP contribution in [0.2, 0.25) is 0 Å². The number of hydrogen-bond acceptors (Lipinski definition) is 3. The van der Waals surface area contributed by atoms with E-state index in [1.165, 1.54) is 0 Å². The Morgan fingerprint density at radius 2 is 1.65 bits per heavy atom. The van der Waals surface area contributed by atoms with Gasteiger partial charge < -0.3 is 10.6 Å². The molecule has 2 aromatic heterocycles. The minimum Gasteiger partial charge on any atom is -0.308 e. The molecule has 116 valence electrons. The third-order valence-corrected chi connectivity index (χ3v) is 3.39. The van der Waals surface area contributed by atoms with E-state index in [0.29, 0.717) is 5.69 Å². The van der Waals surface area contributed by atoms with E-state index < -0.39 is 0 Å². The summed E-state index contributed by atoms with van der Waals surface area (Å²) in [5.41, 5.74) is 2.51. The second-order valence-corrected chi connectivity index (χ2v) is 5.19. The van der Waals surface area contributed by atoms with Crippen molar-refractivity contribution in [2.45, 2.75) is 13.8 Å². The van der Waals surface area contributed by atoms with E-state index in [1.807, 2.05) is 54.9 Å². The molecule has 0 atom stereocenters. The fraction of sp³-hybridized carbons (Fsp3) is 0.118. The highest BCUT2D eigenvalue weighted by Gasteiger charge is 2.05. The Kier molecular flexibility index (Phi) is 4.05. The van der Waals surface area contributed by atoms with Gasteiger partial charge in [0, 0.05) is 18.1 Å². The summed E-state index contributed by atoms with van der Waals surface area (Å²) in [5.74, 6) is 1.61. The number of rotatable bonds is 3. The number of amides is 2. The maximum Gasteiger partial charge on any atom is 0.323 e. The number of anilines is 2. The molecule has 0 spiro atoms. The molecule has 2 amide bonds. The van der Waals surface area contributed by atoms with Crippen LogP contribution in [0.5, 0.6) is 0 Å². The van der Waals surface area contributed by atoms with Gasteiger partial charge in [0.05, 0.1) is 11.9 Å². The van der Waals surface area contributed by atoms with Crippen LogP contribution in [0.25, 0.3) is 5.82 Å². The summed E-state index contributed by atoms with van der Waals surface area (Å²) in [6, 6.07) is 10.9. The highest BCUT2D eigenvalue weighted by atomic mass is 16.2. The molecule has 3 rings (SSSR count). The lowest BCUT2D eigenvalue weighted by Gasteiger charge is -2.09. The van der Waals surface area contributed by atoms with E-state index in [2.05, 4.69) is 20.6 Å². The number of pyridine rings is 1. The normalized spacial score (nSPS) is 10.3. The third-order valence-electron chi connectivity index (χ3n) is 3.39. The first-order valence-electron chi connectivity index (χ1n) is 7.23. The first-order chi connectivity index (χ1) is 11.1. The maximum atomic E-state index is 12.0. The van der Waals surface area contributed by atoms with E-state index in [-0.39, 0.29) is 6.03 Å². The van der Waals surface area contributed by atoms with Gasteiger partial charge in [-0.3, -0.25) is 4.57 Å². The van der Waals surface area contributed by atoms with Crippen LogP contribution in [0.1, 0.15) is 11.4 Å². The summed E-state index contributed by atoms with van der Waals surface area (Å²) in [7, 11) is 0. The number of benzene rings is 1. The van der Waals surface area contributed by atoms with Crippen LogP contribution in [-0.2, 0) is 0 Å². The Hall–Kier alpha value is -3.15. The molecule has 0 saturated heterocycles. The van der Waals surface area contributed by atoms with Gasteiger partial charge in [0.25, 0.3) is 0 Å². The van der Waals surface area contributed by atoms with Crippen molar-refractivity contribution in [3.8, 4) is 5.82 Å². The zero-order valence-corrected chi connectivity index (χ0v) is 12.9. The van der Waals surface area contributed by atoms with Crippen LogP contribution in [0, 0.1) is 13.8 Å². The SMILES string of the molecule is Cc1ccc(NC(=O)Nc2ccc(-n3ccnc3C)nc2)cc1. The molecule has 23 heavy (non-hydrogen) atoms. The van der Waals surface area contributed by atoms with E-state index in [4.69, 9.17) is 0 Å². The molecule has 0 unspecified atom stereocenters. The Labute approximate surface area is 134 Å². The Morgan fingerprint density at radius 3 is 2.26 bits per heavy atom. The predicted octanol–water partition coefficient (Wildman–Crippen LogP) is 3.53. The van der Waals surface area contributed by atoms with Crippen LogP contribution in [0.3, 0.4) is 0 Å². The Morgan fingerprint density at radius 1 is 0.957 bits per heavy atom. The molecule has 0 aliphatic rings. The minimum atomic E-state index is -0.304. The number of nitrogens with zero attached hydrogens (tertiary/aromatic N) is 3. The smallest absolute Gasteiger partial charge is 0.308 e. The van der Waals surface area contributed by atoms with Crippen molar-refractivity contribution in [2.75, 3.05) is 10.6 Å². The first-order valence-corrected chi connectivity index (χ1v) is 7.23. The van der Waals surface area contributed by atoms with Gasteiger partial charge in [0.1, 0.15) is 11.6 Å². The number of hydrogen-bond donors (Lipinski definition) is 2. The Balaban J connectivity index is 1.65. The molecule has 0 saturated carbocycles. The second-order valence-electron chi connectivity index (χ2n) is 5.19. The quantitative estimate of drug-likeness (QED) is 0.777. The molecular formula is C17H17N5O. The lowest BCUT2D eigenvalue weighted by molar-refractivity contribution is 0.262. The van der Waals surface area contributed by atoms with Crippen molar-refractivity contribution in [3.63, 3.8) is 0 Å². The van der Waals surface area contributed by atoms with Crippen LogP contribution in [0.15, 0.2) is 55.0 Å². The average molecular weight is 307 g/mol. The Bertz CT molecular complexity index is 806. The molecule has 2 N–H and O–H groups in total. The molecule has 6 heteroatoms. The van der Waals surface area contributed by atoms with E-state index in [9.17, 15) is 4.79 Å². The summed E-state index contributed by atoms with van der Waals surface area (Å²) < 4.78 is 1.87. The zero-order valence-electron chi connectivity index (χ0n) is 12.9. The lowest BCUT2D eigenvalue weighted by Crippen LogP contribution is -2.19. The van der Waals surface area contributed by atoms with E-state index >= 15 is 0 Å². The molecule has 2 heterocycles. The molecule has 0 radical (unpaired) electrons. The van der Waals surface area contributed by atoms with Gasteiger partial charge >= 0.3 is 6.03 Å². The van der Waals surface area contributed by atoms with Crippen LogP contribution < -0.4 is 10.6 Å². The van der Waals surface area contributed by atoms with Gasteiger partial charge in [0.15, 0.2) is 0 Å². The second kappa shape index (κ2) is 6.31. The van der Waals surface area contributed by atoms with Gasteiger partial charge in [0.2, 0.25) is 0 Å². The molecule has 0 bridgehead atoms. The van der Waals surface area contributed by atoms with Gasteiger partial charge in [-0.25, -0.2) is 14.8 Å². The number of urea groups is 1. The van der Waals surface area contributed by atoms with Gasteiger partial charge in [-0.2, -0.15) is 0 Å².